The second-order valence-corrected chi connectivity index (χ2v) is 6.15. The normalized spacial score (nSPS) is 28.5. The summed E-state index contributed by atoms with van der Waals surface area (Å²) in [6.45, 7) is 4.66. The number of ether oxygens (including phenoxy) is 1. The molecule has 0 spiro atoms. The monoisotopic (exact) mass is 266 g/mol. The Balaban J connectivity index is 1.49. The third kappa shape index (κ3) is 3.20. The Morgan fingerprint density at radius 1 is 1.26 bits per heavy atom. The van der Waals surface area contributed by atoms with Crippen LogP contribution in [0.5, 0.6) is 0 Å². The Kier molecular flexibility index (Phi) is 3.93. The summed E-state index contributed by atoms with van der Waals surface area (Å²) in [6.07, 6.45) is 7.64. The quantitative estimate of drug-likeness (QED) is 0.581. The second-order valence-electron chi connectivity index (χ2n) is 6.15. The molecule has 1 heterocycles. The van der Waals surface area contributed by atoms with Gasteiger partial charge in [0.1, 0.15) is 0 Å². The summed E-state index contributed by atoms with van der Waals surface area (Å²) < 4.78 is 5.42. The van der Waals surface area contributed by atoms with E-state index in [0.29, 0.717) is 17.5 Å². The first-order chi connectivity index (χ1) is 9.28. The molecule has 3 fully saturated rings. The highest BCUT2D eigenvalue weighted by Gasteiger charge is 2.48. The lowest BCUT2D eigenvalue weighted by Gasteiger charge is -2.34. The molecule has 3 N–H and O–H groups in total. The van der Waals surface area contributed by atoms with Gasteiger partial charge in [0.15, 0.2) is 5.96 Å². The number of morpholine rings is 1. The Morgan fingerprint density at radius 2 is 1.95 bits per heavy atom. The molecule has 0 aromatic rings. The maximum absolute atomic E-state index is 6.01. The molecule has 19 heavy (non-hydrogen) atoms. The van der Waals surface area contributed by atoms with Crippen molar-refractivity contribution < 1.29 is 4.74 Å². The molecule has 0 atom stereocenters. The summed E-state index contributed by atoms with van der Waals surface area (Å²) in [5, 5.41) is 3.37. The van der Waals surface area contributed by atoms with Gasteiger partial charge in [-0.3, -0.25) is 9.89 Å². The minimum atomic E-state index is 0.297. The van der Waals surface area contributed by atoms with Crippen LogP contribution in [0.25, 0.3) is 0 Å². The van der Waals surface area contributed by atoms with Crippen molar-refractivity contribution in [2.45, 2.75) is 50.1 Å². The molecule has 0 aromatic heterocycles. The fourth-order valence-corrected chi connectivity index (χ4v) is 3.31. The molecule has 5 nitrogen and oxygen atoms in total. The zero-order valence-corrected chi connectivity index (χ0v) is 11.7. The van der Waals surface area contributed by atoms with Crippen molar-refractivity contribution in [3.8, 4) is 0 Å². The SMILES string of the molecule is NC(=NCC1(N2CCOCC2)CC1)NC1CCCC1. The Hall–Kier alpha value is -0.810. The summed E-state index contributed by atoms with van der Waals surface area (Å²) >= 11 is 0. The third-order valence-corrected chi connectivity index (χ3v) is 4.76. The van der Waals surface area contributed by atoms with Gasteiger partial charge in [-0.15, -0.1) is 0 Å². The second kappa shape index (κ2) is 5.67. The van der Waals surface area contributed by atoms with E-state index in [1.54, 1.807) is 0 Å². The number of hydrogen-bond acceptors (Lipinski definition) is 3. The number of nitrogens with zero attached hydrogens (tertiary/aromatic N) is 2. The fourth-order valence-electron chi connectivity index (χ4n) is 3.31. The largest absolute Gasteiger partial charge is 0.379 e. The minimum Gasteiger partial charge on any atom is -0.379 e. The van der Waals surface area contributed by atoms with Gasteiger partial charge in [0.05, 0.1) is 19.8 Å². The van der Waals surface area contributed by atoms with Gasteiger partial charge in [-0.2, -0.15) is 0 Å². The van der Waals surface area contributed by atoms with Crippen LogP contribution in [0.4, 0.5) is 0 Å². The summed E-state index contributed by atoms with van der Waals surface area (Å²) in [4.78, 5) is 7.14. The van der Waals surface area contributed by atoms with Crippen molar-refractivity contribution in [3.63, 3.8) is 0 Å². The van der Waals surface area contributed by atoms with Gasteiger partial charge in [0.25, 0.3) is 0 Å². The number of rotatable bonds is 4. The van der Waals surface area contributed by atoms with E-state index in [-0.39, 0.29) is 0 Å². The van der Waals surface area contributed by atoms with Crippen molar-refractivity contribution in [2.24, 2.45) is 10.7 Å². The highest BCUT2D eigenvalue weighted by Crippen LogP contribution is 2.42. The van der Waals surface area contributed by atoms with Crippen molar-refractivity contribution >= 4 is 5.96 Å². The molecule has 2 aliphatic carbocycles. The highest BCUT2D eigenvalue weighted by molar-refractivity contribution is 5.78. The van der Waals surface area contributed by atoms with Crippen LogP contribution in [-0.2, 0) is 4.74 Å². The van der Waals surface area contributed by atoms with Crippen LogP contribution in [0.3, 0.4) is 0 Å². The molecule has 108 valence electrons. The van der Waals surface area contributed by atoms with Gasteiger partial charge in [-0.25, -0.2) is 0 Å². The van der Waals surface area contributed by atoms with Crippen molar-refractivity contribution in [1.82, 2.24) is 10.2 Å². The van der Waals surface area contributed by atoms with Crippen molar-refractivity contribution in [1.29, 1.82) is 0 Å². The lowest BCUT2D eigenvalue weighted by molar-refractivity contribution is 0.0117. The average Bonchev–Trinajstić information content (AvgIpc) is 3.08. The molecular weight excluding hydrogens is 240 g/mol. The molecule has 0 aromatic carbocycles. The van der Waals surface area contributed by atoms with Crippen LogP contribution in [-0.4, -0.2) is 55.3 Å². The standard InChI is InChI=1S/C14H26N4O/c15-13(17-12-3-1-2-4-12)16-11-14(5-6-14)18-7-9-19-10-8-18/h12H,1-11H2,(H3,15,16,17). The lowest BCUT2D eigenvalue weighted by Crippen LogP contribution is -2.47. The van der Waals surface area contributed by atoms with Crippen LogP contribution >= 0.6 is 0 Å². The first kappa shape index (κ1) is 13.2. The van der Waals surface area contributed by atoms with Crippen LogP contribution in [0.2, 0.25) is 0 Å². The Labute approximate surface area is 115 Å². The van der Waals surface area contributed by atoms with Crippen molar-refractivity contribution in [3.05, 3.63) is 0 Å². The van der Waals surface area contributed by atoms with E-state index in [2.05, 4.69) is 15.2 Å². The van der Waals surface area contributed by atoms with Gasteiger partial charge in [-0.05, 0) is 25.7 Å². The molecule has 3 rings (SSSR count). The van der Waals surface area contributed by atoms with E-state index < -0.39 is 0 Å². The molecule has 0 unspecified atom stereocenters. The molecule has 2 saturated carbocycles. The van der Waals surface area contributed by atoms with Crippen LogP contribution in [0.15, 0.2) is 4.99 Å². The zero-order valence-electron chi connectivity index (χ0n) is 11.7. The maximum atomic E-state index is 6.01. The van der Waals surface area contributed by atoms with Crippen molar-refractivity contribution in [2.75, 3.05) is 32.8 Å². The first-order valence-corrected chi connectivity index (χ1v) is 7.68. The number of hydrogen-bond donors (Lipinski definition) is 2. The average molecular weight is 266 g/mol. The Bertz CT molecular complexity index is 328. The predicted molar refractivity (Wildman–Crippen MR) is 76.2 cm³/mol. The van der Waals surface area contributed by atoms with E-state index in [1.807, 2.05) is 0 Å². The smallest absolute Gasteiger partial charge is 0.188 e. The maximum Gasteiger partial charge on any atom is 0.188 e. The molecule has 5 heteroatoms. The molecule has 0 bridgehead atoms. The van der Waals surface area contributed by atoms with Crippen LogP contribution in [0.1, 0.15) is 38.5 Å². The van der Waals surface area contributed by atoms with E-state index in [1.165, 1.54) is 38.5 Å². The van der Waals surface area contributed by atoms with Gasteiger partial charge in [-0.1, -0.05) is 12.8 Å². The van der Waals surface area contributed by atoms with Gasteiger partial charge in [0, 0.05) is 24.7 Å². The number of nitrogens with one attached hydrogen (secondary N) is 1. The summed E-state index contributed by atoms with van der Waals surface area (Å²) in [5.74, 6) is 0.645. The van der Waals surface area contributed by atoms with Crippen LogP contribution in [0, 0.1) is 0 Å². The highest BCUT2D eigenvalue weighted by atomic mass is 16.5. The molecule has 1 aliphatic heterocycles. The number of nitrogens with two attached hydrogens (primary N) is 1. The number of guanidine groups is 1. The molecular formula is C14H26N4O. The minimum absolute atomic E-state index is 0.297. The van der Waals surface area contributed by atoms with Gasteiger partial charge >= 0.3 is 0 Å². The van der Waals surface area contributed by atoms with E-state index in [4.69, 9.17) is 10.5 Å². The van der Waals surface area contributed by atoms with Gasteiger partial charge < -0.3 is 15.8 Å². The molecule has 0 radical (unpaired) electrons. The van der Waals surface area contributed by atoms with E-state index >= 15 is 0 Å². The van der Waals surface area contributed by atoms with E-state index in [9.17, 15) is 0 Å². The molecule has 3 aliphatic rings. The first-order valence-electron chi connectivity index (χ1n) is 7.68. The number of aliphatic imine (C=N–C) groups is 1. The summed E-state index contributed by atoms with van der Waals surface area (Å²) in [6, 6.07) is 0.558. The summed E-state index contributed by atoms with van der Waals surface area (Å²) in [7, 11) is 0. The zero-order chi connectivity index (χ0) is 13.1. The molecule has 0 amide bonds. The third-order valence-electron chi connectivity index (χ3n) is 4.76. The molecule has 1 saturated heterocycles. The van der Waals surface area contributed by atoms with Crippen LogP contribution < -0.4 is 11.1 Å². The lowest BCUT2D eigenvalue weighted by atomic mass is 10.2. The predicted octanol–water partition coefficient (Wildman–Crippen LogP) is 0.698. The van der Waals surface area contributed by atoms with Gasteiger partial charge in [0.2, 0.25) is 0 Å². The topological polar surface area (TPSA) is 62.9 Å². The van der Waals surface area contributed by atoms with E-state index in [0.717, 1.165) is 32.8 Å². The Morgan fingerprint density at radius 3 is 2.58 bits per heavy atom. The fraction of sp³-hybridized carbons (Fsp3) is 0.929. The summed E-state index contributed by atoms with van der Waals surface area (Å²) in [5.41, 5.74) is 6.31.